The van der Waals surface area contributed by atoms with Crippen molar-refractivity contribution in [2.24, 2.45) is 0 Å². The molecule has 0 saturated carbocycles. The van der Waals surface area contributed by atoms with E-state index in [2.05, 4.69) is 20.0 Å². The minimum atomic E-state index is -1.64. The molecule has 31 heavy (non-hydrogen) atoms. The quantitative estimate of drug-likeness (QED) is 0.400. The number of halogens is 1. The predicted molar refractivity (Wildman–Crippen MR) is 124 cm³/mol. The Labute approximate surface area is 187 Å². The first-order valence-electron chi connectivity index (χ1n) is 9.27. The third kappa shape index (κ3) is 4.70. The van der Waals surface area contributed by atoms with Crippen molar-refractivity contribution < 1.29 is 13.7 Å². The summed E-state index contributed by atoms with van der Waals surface area (Å²) < 4.78 is 26.6. The zero-order valence-electron chi connectivity index (χ0n) is 16.8. The Morgan fingerprint density at radius 3 is 2.03 bits per heavy atom. The molecule has 7 nitrogen and oxygen atoms in total. The Kier molecular flexibility index (Phi) is 6.20. The van der Waals surface area contributed by atoms with Gasteiger partial charge in [-0.3, -0.25) is 4.72 Å². The number of aromatic nitrogens is 2. The van der Waals surface area contributed by atoms with Crippen LogP contribution >= 0.6 is 11.6 Å². The van der Waals surface area contributed by atoms with Crippen molar-refractivity contribution in [1.82, 2.24) is 9.97 Å². The molecule has 0 bridgehead atoms. The largest absolute Gasteiger partial charge is 0.497 e. The molecular formula is C22H19ClN4O3S. The predicted octanol–water partition coefficient (Wildman–Crippen LogP) is 5.18. The van der Waals surface area contributed by atoms with Gasteiger partial charge in [0, 0.05) is 23.9 Å². The average Bonchev–Trinajstić information content (AvgIpc) is 2.79. The molecule has 3 aromatic carbocycles. The molecule has 4 rings (SSSR count). The van der Waals surface area contributed by atoms with Gasteiger partial charge in [0.25, 0.3) is 0 Å². The molecule has 1 aromatic heterocycles. The van der Waals surface area contributed by atoms with Crippen LogP contribution in [0.1, 0.15) is 0 Å². The number of anilines is 3. The van der Waals surface area contributed by atoms with E-state index in [1.165, 1.54) is 0 Å². The molecular weight excluding hydrogens is 436 g/mol. The summed E-state index contributed by atoms with van der Waals surface area (Å²) >= 11 is 6.20. The minimum absolute atomic E-state index is 0.318. The molecule has 0 spiro atoms. The van der Waals surface area contributed by atoms with Crippen LogP contribution in [0.15, 0.2) is 71.6 Å². The highest BCUT2D eigenvalue weighted by Crippen LogP contribution is 2.31. The van der Waals surface area contributed by atoms with Gasteiger partial charge < -0.3 is 14.8 Å². The lowest BCUT2D eigenvalue weighted by Crippen LogP contribution is -2.10. The van der Waals surface area contributed by atoms with Crippen LogP contribution < -0.4 is 19.5 Å². The number of benzene rings is 3. The third-order valence-electron chi connectivity index (χ3n) is 4.41. The summed E-state index contributed by atoms with van der Waals surface area (Å²) in [6.45, 7) is 0. The standard InChI is InChI=1S/C22H19ClN4O3S/c1-29-15-11-14(12-16(13-15)30-2)24-21-22(26-19-9-5-4-8-18(19)25-21)27-31(28)20-10-6-3-7-17(20)23/h3-13H,1-2H3,(H,24,25)(H,26,27). The van der Waals surface area contributed by atoms with Gasteiger partial charge in [0.15, 0.2) is 22.6 Å². The molecule has 0 fully saturated rings. The number of hydrogen-bond acceptors (Lipinski definition) is 6. The Bertz CT molecular complexity index is 1250. The fourth-order valence-corrected chi connectivity index (χ4v) is 4.13. The number of para-hydroxylation sites is 2. The molecule has 0 aliphatic carbocycles. The second kappa shape index (κ2) is 9.20. The van der Waals surface area contributed by atoms with Gasteiger partial charge >= 0.3 is 0 Å². The van der Waals surface area contributed by atoms with Crippen molar-refractivity contribution in [3.63, 3.8) is 0 Å². The van der Waals surface area contributed by atoms with Crippen LogP contribution in [0.4, 0.5) is 17.3 Å². The maximum absolute atomic E-state index is 13.0. The van der Waals surface area contributed by atoms with E-state index in [1.54, 1.807) is 56.7 Å². The second-order valence-corrected chi connectivity index (χ2v) is 8.03. The zero-order valence-corrected chi connectivity index (χ0v) is 18.3. The van der Waals surface area contributed by atoms with E-state index in [0.717, 1.165) is 0 Å². The van der Waals surface area contributed by atoms with Gasteiger partial charge in [-0.1, -0.05) is 35.9 Å². The molecule has 158 valence electrons. The van der Waals surface area contributed by atoms with Crippen LogP contribution in [0, 0.1) is 0 Å². The van der Waals surface area contributed by atoms with Crippen LogP contribution in [-0.4, -0.2) is 28.4 Å². The number of nitrogens with zero attached hydrogens (tertiary/aromatic N) is 2. The van der Waals surface area contributed by atoms with Crippen molar-refractivity contribution in [3.8, 4) is 11.5 Å². The van der Waals surface area contributed by atoms with Gasteiger partial charge in [0.1, 0.15) is 11.5 Å². The maximum Gasteiger partial charge on any atom is 0.182 e. The van der Waals surface area contributed by atoms with E-state index in [-0.39, 0.29) is 0 Å². The van der Waals surface area contributed by atoms with E-state index in [0.29, 0.717) is 49.8 Å². The van der Waals surface area contributed by atoms with Gasteiger partial charge in [0.05, 0.1) is 35.2 Å². The lowest BCUT2D eigenvalue weighted by molar-refractivity contribution is 0.395. The van der Waals surface area contributed by atoms with Crippen molar-refractivity contribution >= 4 is 50.9 Å². The summed E-state index contributed by atoms with van der Waals surface area (Å²) in [4.78, 5) is 9.73. The summed E-state index contributed by atoms with van der Waals surface area (Å²) in [5.41, 5.74) is 2.02. The zero-order chi connectivity index (χ0) is 21.8. The van der Waals surface area contributed by atoms with Crippen molar-refractivity contribution in [2.75, 3.05) is 24.3 Å². The Hall–Kier alpha value is -3.36. The highest BCUT2D eigenvalue weighted by molar-refractivity contribution is 7.86. The van der Waals surface area contributed by atoms with Crippen molar-refractivity contribution in [3.05, 3.63) is 71.8 Å². The fraction of sp³-hybridized carbons (Fsp3) is 0.0909. The van der Waals surface area contributed by atoms with E-state index in [4.69, 9.17) is 21.1 Å². The van der Waals surface area contributed by atoms with Crippen LogP contribution in [0.2, 0.25) is 5.02 Å². The third-order valence-corrected chi connectivity index (χ3v) is 5.99. The molecule has 4 aromatic rings. The SMILES string of the molecule is COc1cc(Nc2nc3ccccc3nc2NS(=O)c2ccccc2Cl)cc(OC)c1. The fourth-order valence-electron chi connectivity index (χ4n) is 2.91. The van der Waals surface area contributed by atoms with Crippen molar-refractivity contribution in [2.45, 2.75) is 4.90 Å². The molecule has 1 atom stereocenters. The number of nitrogens with one attached hydrogen (secondary N) is 2. The summed E-state index contributed by atoms with van der Waals surface area (Å²) in [5.74, 6) is 1.95. The summed E-state index contributed by atoms with van der Waals surface area (Å²) in [6.07, 6.45) is 0. The van der Waals surface area contributed by atoms with Crippen LogP contribution in [-0.2, 0) is 11.0 Å². The van der Waals surface area contributed by atoms with Gasteiger partial charge in [-0.2, -0.15) is 0 Å². The molecule has 0 saturated heterocycles. The molecule has 1 unspecified atom stereocenters. The average molecular weight is 455 g/mol. The summed E-state index contributed by atoms with van der Waals surface area (Å²) in [6, 6.07) is 19.7. The first-order valence-corrected chi connectivity index (χ1v) is 10.8. The molecule has 0 radical (unpaired) electrons. The van der Waals surface area contributed by atoms with E-state index in [1.807, 2.05) is 24.3 Å². The number of fused-ring (bicyclic) bond motifs is 1. The number of hydrogen-bond donors (Lipinski definition) is 2. The van der Waals surface area contributed by atoms with Gasteiger partial charge in [0.2, 0.25) is 0 Å². The smallest absolute Gasteiger partial charge is 0.182 e. The van der Waals surface area contributed by atoms with Gasteiger partial charge in [-0.15, -0.1) is 0 Å². The summed E-state index contributed by atoms with van der Waals surface area (Å²) in [7, 11) is 1.51. The second-order valence-electron chi connectivity index (χ2n) is 6.44. The van der Waals surface area contributed by atoms with E-state index in [9.17, 15) is 4.21 Å². The minimum Gasteiger partial charge on any atom is -0.497 e. The van der Waals surface area contributed by atoms with Gasteiger partial charge in [-0.25, -0.2) is 14.2 Å². The number of methoxy groups -OCH3 is 2. The van der Waals surface area contributed by atoms with E-state index >= 15 is 0 Å². The van der Waals surface area contributed by atoms with Crippen LogP contribution in [0.3, 0.4) is 0 Å². The first-order chi connectivity index (χ1) is 15.1. The monoisotopic (exact) mass is 454 g/mol. The normalized spacial score (nSPS) is 11.7. The molecule has 2 N–H and O–H groups in total. The molecule has 0 amide bonds. The Morgan fingerprint density at radius 1 is 0.839 bits per heavy atom. The first kappa shape index (κ1) is 20.9. The molecule has 1 heterocycles. The van der Waals surface area contributed by atoms with Gasteiger partial charge in [-0.05, 0) is 24.3 Å². The van der Waals surface area contributed by atoms with Crippen LogP contribution in [0.5, 0.6) is 11.5 Å². The lowest BCUT2D eigenvalue weighted by Gasteiger charge is -2.15. The summed E-state index contributed by atoms with van der Waals surface area (Å²) in [5, 5.41) is 3.62. The Balaban J connectivity index is 1.75. The van der Waals surface area contributed by atoms with Crippen LogP contribution in [0.25, 0.3) is 11.0 Å². The maximum atomic E-state index is 13.0. The lowest BCUT2D eigenvalue weighted by atomic mass is 10.2. The Morgan fingerprint density at radius 2 is 1.42 bits per heavy atom. The highest BCUT2D eigenvalue weighted by Gasteiger charge is 2.15. The topological polar surface area (TPSA) is 85.4 Å². The molecule has 9 heteroatoms. The number of ether oxygens (including phenoxy) is 2. The highest BCUT2D eigenvalue weighted by atomic mass is 35.5. The van der Waals surface area contributed by atoms with Crippen molar-refractivity contribution in [1.29, 1.82) is 0 Å². The molecule has 0 aliphatic rings. The molecule has 0 aliphatic heterocycles. The number of rotatable bonds is 7. The van der Waals surface area contributed by atoms with E-state index < -0.39 is 11.0 Å².